The lowest BCUT2D eigenvalue weighted by Crippen LogP contribution is -2.26. The molecule has 0 unspecified atom stereocenters. The van der Waals surface area contributed by atoms with Crippen LogP contribution in [-0.4, -0.2) is 35.8 Å². The molecule has 0 atom stereocenters. The highest BCUT2D eigenvalue weighted by atomic mass is 16.3. The highest BCUT2D eigenvalue weighted by Gasteiger charge is 2.29. The van der Waals surface area contributed by atoms with Gasteiger partial charge in [-0.15, -0.1) is 0 Å². The zero-order chi connectivity index (χ0) is 23.1. The SMILES string of the molecule is Cc1cccc(-c2cc(Nc3cc(O)cc(O)c3C(=O)N3Cc4cccnc4C3)n(C)n2)c1. The lowest BCUT2D eigenvalue weighted by molar-refractivity contribution is 0.0748. The highest BCUT2D eigenvalue weighted by molar-refractivity contribution is 6.03. The second kappa shape index (κ2) is 7.98. The summed E-state index contributed by atoms with van der Waals surface area (Å²) in [6.07, 6.45) is 1.70. The molecule has 3 heterocycles. The van der Waals surface area contributed by atoms with E-state index in [4.69, 9.17) is 0 Å². The van der Waals surface area contributed by atoms with Crippen LogP contribution in [0, 0.1) is 6.92 Å². The van der Waals surface area contributed by atoms with Crippen LogP contribution >= 0.6 is 0 Å². The number of fused-ring (bicyclic) bond motifs is 1. The van der Waals surface area contributed by atoms with E-state index in [2.05, 4.69) is 15.4 Å². The highest BCUT2D eigenvalue weighted by Crippen LogP contribution is 2.36. The normalized spacial score (nSPS) is 12.6. The number of hydrogen-bond donors (Lipinski definition) is 3. The van der Waals surface area contributed by atoms with Gasteiger partial charge >= 0.3 is 0 Å². The summed E-state index contributed by atoms with van der Waals surface area (Å²) >= 11 is 0. The molecule has 33 heavy (non-hydrogen) atoms. The zero-order valence-corrected chi connectivity index (χ0v) is 18.3. The van der Waals surface area contributed by atoms with Crippen molar-refractivity contribution in [2.24, 2.45) is 7.05 Å². The van der Waals surface area contributed by atoms with E-state index in [9.17, 15) is 15.0 Å². The van der Waals surface area contributed by atoms with Gasteiger partial charge in [0.05, 0.1) is 23.6 Å². The Morgan fingerprint density at radius 2 is 1.91 bits per heavy atom. The Bertz CT molecular complexity index is 1350. The van der Waals surface area contributed by atoms with Gasteiger partial charge in [0.25, 0.3) is 5.91 Å². The standard InChI is InChI=1S/C25H23N5O3/c1-15-5-3-6-16(9-15)19-12-23(29(2)28-19)27-20-10-18(31)11-22(32)24(20)25(33)30-13-17-7-4-8-26-21(17)14-30/h3-12,27,31-32H,13-14H2,1-2H3. The van der Waals surface area contributed by atoms with Crippen LogP contribution in [0.5, 0.6) is 11.5 Å². The van der Waals surface area contributed by atoms with E-state index in [1.807, 2.05) is 49.4 Å². The van der Waals surface area contributed by atoms with Gasteiger partial charge in [-0.1, -0.05) is 29.8 Å². The van der Waals surface area contributed by atoms with E-state index in [0.29, 0.717) is 24.6 Å². The fourth-order valence-electron chi connectivity index (χ4n) is 4.10. The summed E-state index contributed by atoms with van der Waals surface area (Å²) in [7, 11) is 1.79. The number of aromatic nitrogens is 3. The second-order valence-electron chi connectivity index (χ2n) is 8.19. The maximum Gasteiger partial charge on any atom is 0.260 e. The van der Waals surface area contributed by atoms with Gasteiger partial charge in [0, 0.05) is 43.6 Å². The Kier molecular flexibility index (Phi) is 4.97. The monoisotopic (exact) mass is 441 g/mol. The Labute approximate surface area is 190 Å². The van der Waals surface area contributed by atoms with Crippen molar-refractivity contribution in [1.82, 2.24) is 19.7 Å². The first-order valence-corrected chi connectivity index (χ1v) is 10.5. The van der Waals surface area contributed by atoms with Gasteiger partial charge in [0.2, 0.25) is 0 Å². The molecule has 0 radical (unpaired) electrons. The van der Waals surface area contributed by atoms with Gasteiger partial charge < -0.3 is 20.4 Å². The van der Waals surface area contributed by atoms with Crippen molar-refractivity contribution in [3.8, 4) is 22.8 Å². The predicted octanol–water partition coefficient (Wildman–Crippen LogP) is 4.10. The van der Waals surface area contributed by atoms with Crippen molar-refractivity contribution in [1.29, 1.82) is 0 Å². The zero-order valence-electron chi connectivity index (χ0n) is 18.3. The molecular formula is C25H23N5O3. The number of carbonyl (C=O) groups is 1. The molecule has 1 aliphatic rings. The van der Waals surface area contributed by atoms with Gasteiger partial charge in [-0.2, -0.15) is 5.10 Å². The maximum absolute atomic E-state index is 13.4. The number of hydrogen-bond acceptors (Lipinski definition) is 6. The number of amides is 1. The third-order valence-electron chi connectivity index (χ3n) is 5.75. The van der Waals surface area contributed by atoms with Crippen LogP contribution in [0.4, 0.5) is 11.5 Å². The molecule has 8 heteroatoms. The van der Waals surface area contributed by atoms with Crippen LogP contribution in [0.1, 0.15) is 27.2 Å². The Morgan fingerprint density at radius 1 is 1.06 bits per heavy atom. The first-order chi connectivity index (χ1) is 15.9. The van der Waals surface area contributed by atoms with Crippen LogP contribution in [0.25, 0.3) is 11.3 Å². The summed E-state index contributed by atoms with van der Waals surface area (Å²) in [5, 5.41) is 28.4. The molecule has 4 aromatic rings. The number of pyridine rings is 1. The molecule has 0 aliphatic carbocycles. The fourth-order valence-corrected chi connectivity index (χ4v) is 4.10. The minimum absolute atomic E-state index is 0.0823. The van der Waals surface area contributed by atoms with Crippen molar-refractivity contribution in [3.63, 3.8) is 0 Å². The molecule has 166 valence electrons. The summed E-state index contributed by atoms with van der Waals surface area (Å²) in [5.41, 5.74) is 5.05. The average Bonchev–Trinajstić information content (AvgIpc) is 3.37. The van der Waals surface area contributed by atoms with E-state index >= 15 is 0 Å². The summed E-state index contributed by atoms with van der Waals surface area (Å²) in [5.74, 6) is -0.197. The molecule has 0 saturated heterocycles. The van der Waals surface area contributed by atoms with E-state index in [1.54, 1.807) is 22.8 Å². The number of anilines is 2. The quantitative estimate of drug-likeness (QED) is 0.441. The molecule has 1 aliphatic heterocycles. The van der Waals surface area contributed by atoms with E-state index in [-0.39, 0.29) is 23.0 Å². The number of benzene rings is 2. The third-order valence-corrected chi connectivity index (χ3v) is 5.75. The van der Waals surface area contributed by atoms with E-state index in [1.165, 1.54) is 12.1 Å². The number of aryl methyl sites for hydroxylation is 2. The molecule has 0 bridgehead atoms. The van der Waals surface area contributed by atoms with Crippen molar-refractivity contribution >= 4 is 17.4 Å². The molecule has 8 nitrogen and oxygen atoms in total. The number of phenols is 2. The topological polar surface area (TPSA) is 104 Å². The van der Waals surface area contributed by atoms with Crippen LogP contribution in [0.3, 0.4) is 0 Å². The smallest absolute Gasteiger partial charge is 0.260 e. The summed E-state index contributed by atoms with van der Waals surface area (Å²) in [4.78, 5) is 19.4. The molecule has 2 aromatic heterocycles. The number of phenolic OH excluding ortho intramolecular Hbond substituents is 2. The van der Waals surface area contributed by atoms with Crippen molar-refractivity contribution in [3.05, 3.63) is 83.2 Å². The van der Waals surface area contributed by atoms with Gasteiger partial charge in [-0.3, -0.25) is 14.5 Å². The average molecular weight is 441 g/mol. The van der Waals surface area contributed by atoms with Crippen LogP contribution in [0.15, 0.2) is 60.8 Å². The minimum atomic E-state index is -0.353. The van der Waals surface area contributed by atoms with Crippen molar-refractivity contribution < 1.29 is 15.0 Å². The fraction of sp³-hybridized carbons (Fsp3) is 0.160. The summed E-state index contributed by atoms with van der Waals surface area (Å²) in [6.45, 7) is 2.79. The lowest BCUT2D eigenvalue weighted by atomic mass is 10.1. The molecule has 2 aromatic carbocycles. The lowest BCUT2D eigenvalue weighted by Gasteiger charge is -2.19. The number of rotatable bonds is 4. The molecular weight excluding hydrogens is 418 g/mol. The summed E-state index contributed by atoms with van der Waals surface area (Å²) in [6, 6.07) is 16.2. The number of aromatic hydroxyl groups is 2. The first-order valence-electron chi connectivity index (χ1n) is 10.5. The second-order valence-corrected chi connectivity index (χ2v) is 8.19. The van der Waals surface area contributed by atoms with Crippen molar-refractivity contribution in [2.75, 3.05) is 5.32 Å². The van der Waals surface area contributed by atoms with E-state index in [0.717, 1.165) is 28.1 Å². The third kappa shape index (κ3) is 3.87. The molecule has 0 spiro atoms. The van der Waals surface area contributed by atoms with Gasteiger partial charge in [0.15, 0.2) is 0 Å². The van der Waals surface area contributed by atoms with Crippen LogP contribution < -0.4 is 5.32 Å². The minimum Gasteiger partial charge on any atom is -0.508 e. The Hall–Kier alpha value is -4.33. The van der Waals surface area contributed by atoms with Crippen LogP contribution in [-0.2, 0) is 20.1 Å². The van der Waals surface area contributed by atoms with Gasteiger partial charge in [-0.25, -0.2) is 0 Å². The number of carbonyl (C=O) groups excluding carboxylic acids is 1. The molecule has 0 fully saturated rings. The van der Waals surface area contributed by atoms with Gasteiger partial charge in [-0.05, 0) is 24.6 Å². The largest absolute Gasteiger partial charge is 0.508 e. The first kappa shape index (κ1) is 20.6. The van der Waals surface area contributed by atoms with Gasteiger partial charge in [0.1, 0.15) is 22.9 Å². The molecule has 5 rings (SSSR count). The van der Waals surface area contributed by atoms with Crippen molar-refractivity contribution in [2.45, 2.75) is 20.0 Å². The Morgan fingerprint density at radius 3 is 2.70 bits per heavy atom. The number of nitrogens with one attached hydrogen (secondary N) is 1. The van der Waals surface area contributed by atoms with E-state index < -0.39 is 0 Å². The molecule has 3 N–H and O–H groups in total. The maximum atomic E-state index is 13.4. The predicted molar refractivity (Wildman–Crippen MR) is 124 cm³/mol. The molecule has 0 saturated carbocycles. The summed E-state index contributed by atoms with van der Waals surface area (Å²) < 4.78 is 1.66. The van der Waals surface area contributed by atoms with Crippen LogP contribution in [0.2, 0.25) is 0 Å². The molecule has 1 amide bonds. The Balaban J connectivity index is 1.48. The number of nitrogens with zero attached hydrogens (tertiary/aromatic N) is 4.